The minimum atomic E-state index is 0. The third-order valence-electron chi connectivity index (χ3n) is 5.56. The van der Waals surface area contributed by atoms with Gasteiger partial charge in [0.1, 0.15) is 0 Å². The number of nitrogens with one attached hydrogen (secondary N) is 2. The van der Waals surface area contributed by atoms with Gasteiger partial charge < -0.3 is 15.4 Å². The van der Waals surface area contributed by atoms with Crippen molar-refractivity contribution in [2.45, 2.75) is 46.0 Å². The molecule has 1 unspecified atom stereocenters. The Labute approximate surface area is 165 Å². The Morgan fingerprint density at radius 3 is 2.46 bits per heavy atom. The summed E-state index contributed by atoms with van der Waals surface area (Å²) in [4.78, 5) is 6.89. The van der Waals surface area contributed by atoms with Crippen molar-refractivity contribution >= 4 is 29.9 Å². The molecular weight excluding hydrogens is 415 g/mol. The van der Waals surface area contributed by atoms with Gasteiger partial charge >= 0.3 is 0 Å². The van der Waals surface area contributed by atoms with Crippen molar-refractivity contribution in [3.8, 4) is 0 Å². The van der Waals surface area contributed by atoms with E-state index in [1.54, 1.807) is 0 Å². The van der Waals surface area contributed by atoms with Crippen molar-refractivity contribution < 1.29 is 4.74 Å². The molecule has 1 atom stereocenters. The molecule has 0 amide bonds. The van der Waals surface area contributed by atoms with Crippen molar-refractivity contribution in [3.05, 3.63) is 0 Å². The van der Waals surface area contributed by atoms with E-state index in [2.05, 4.69) is 34.4 Å². The number of morpholine rings is 1. The molecule has 2 fully saturated rings. The number of rotatable bonds is 7. The zero-order chi connectivity index (χ0) is 16.5. The van der Waals surface area contributed by atoms with E-state index in [9.17, 15) is 0 Å². The molecule has 1 saturated carbocycles. The molecule has 0 aromatic rings. The van der Waals surface area contributed by atoms with Gasteiger partial charge in [-0.05, 0) is 30.6 Å². The van der Waals surface area contributed by atoms with E-state index in [1.807, 2.05) is 7.05 Å². The molecule has 1 aliphatic carbocycles. The molecule has 0 aromatic carbocycles. The molecule has 0 aromatic heterocycles. The SMILES string of the molecule is CCC1(CNC(=NC)NCC(C)CN2CCOCC2)CCCC1.I. The number of ether oxygens (including phenoxy) is 1. The molecule has 1 aliphatic heterocycles. The van der Waals surface area contributed by atoms with E-state index in [0.29, 0.717) is 11.3 Å². The molecule has 1 saturated heterocycles. The summed E-state index contributed by atoms with van der Waals surface area (Å²) in [6.45, 7) is 11.7. The third kappa shape index (κ3) is 7.04. The highest BCUT2D eigenvalue weighted by molar-refractivity contribution is 14.0. The largest absolute Gasteiger partial charge is 0.379 e. The number of nitrogens with zero attached hydrogens (tertiary/aromatic N) is 2. The minimum absolute atomic E-state index is 0. The number of hydrogen-bond donors (Lipinski definition) is 2. The van der Waals surface area contributed by atoms with E-state index in [0.717, 1.165) is 51.9 Å². The van der Waals surface area contributed by atoms with Gasteiger partial charge in [0.25, 0.3) is 0 Å². The standard InChI is InChI=1S/C18H36N4O.HI/c1-4-18(7-5-6-8-18)15-21-17(19-3)20-13-16(2)14-22-9-11-23-12-10-22;/h16H,4-15H2,1-3H3,(H2,19,20,21);1H. The highest BCUT2D eigenvalue weighted by atomic mass is 127. The second-order valence-electron chi connectivity index (χ2n) is 7.39. The van der Waals surface area contributed by atoms with Gasteiger partial charge in [-0.25, -0.2) is 0 Å². The molecule has 24 heavy (non-hydrogen) atoms. The Bertz CT molecular complexity index is 366. The average Bonchev–Trinajstić information content (AvgIpc) is 3.05. The summed E-state index contributed by atoms with van der Waals surface area (Å²) in [5.74, 6) is 1.57. The van der Waals surface area contributed by atoms with Crippen molar-refractivity contribution in [2.75, 3.05) is 53.0 Å². The first-order valence-corrected chi connectivity index (χ1v) is 9.42. The fraction of sp³-hybridized carbons (Fsp3) is 0.944. The quantitative estimate of drug-likeness (QED) is 0.354. The van der Waals surface area contributed by atoms with Crippen LogP contribution in [0.1, 0.15) is 46.0 Å². The van der Waals surface area contributed by atoms with E-state index in [1.165, 1.54) is 32.1 Å². The summed E-state index contributed by atoms with van der Waals surface area (Å²) in [6, 6.07) is 0. The predicted octanol–water partition coefficient (Wildman–Crippen LogP) is 2.71. The van der Waals surface area contributed by atoms with Crippen LogP contribution in [0.4, 0.5) is 0 Å². The molecule has 0 bridgehead atoms. The molecule has 2 rings (SSSR count). The average molecular weight is 452 g/mol. The highest BCUT2D eigenvalue weighted by Gasteiger charge is 2.31. The van der Waals surface area contributed by atoms with Gasteiger partial charge in [-0.2, -0.15) is 0 Å². The Kier molecular flexibility index (Phi) is 10.5. The molecule has 6 heteroatoms. The lowest BCUT2D eigenvalue weighted by Gasteiger charge is -2.30. The monoisotopic (exact) mass is 452 g/mol. The van der Waals surface area contributed by atoms with Crippen LogP contribution in [0.2, 0.25) is 0 Å². The van der Waals surface area contributed by atoms with Crippen molar-refractivity contribution in [1.82, 2.24) is 15.5 Å². The zero-order valence-electron chi connectivity index (χ0n) is 15.8. The van der Waals surface area contributed by atoms with Gasteiger partial charge in [0.15, 0.2) is 5.96 Å². The van der Waals surface area contributed by atoms with Crippen molar-refractivity contribution in [1.29, 1.82) is 0 Å². The topological polar surface area (TPSA) is 48.9 Å². The minimum Gasteiger partial charge on any atom is -0.379 e. The molecule has 2 N–H and O–H groups in total. The van der Waals surface area contributed by atoms with Crippen LogP contribution < -0.4 is 10.6 Å². The fourth-order valence-corrected chi connectivity index (χ4v) is 3.83. The Morgan fingerprint density at radius 2 is 1.88 bits per heavy atom. The Morgan fingerprint density at radius 1 is 1.21 bits per heavy atom. The van der Waals surface area contributed by atoms with Gasteiger partial charge in [0, 0.05) is 39.8 Å². The highest BCUT2D eigenvalue weighted by Crippen LogP contribution is 2.40. The third-order valence-corrected chi connectivity index (χ3v) is 5.56. The zero-order valence-corrected chi connectivity index (χ0v) is 18.1. The van der Waals surface area contributed by atoms with Crippen molar-refractivity contribution in [2.24, 2.45) is 16.3 Å². The maximum absolute atomic E-state index is 5.41. The number of guanidine groups is 1. The molecule has 0 radical (unpaired) electrons. The first kappa shape index (κ1) is 22.0. The van der Waals surface area contributed by atoms with Gasteiger partial charge in [-0.15, -0.1) is 24.0 Å². The van der Waals surface area contributed by atoms with Gasteiger partial charge in [-0.3, -0.25) is 9.89 Å². The summed E-state index contributed by atoms with van der Waals surface area (Å²) in [6.07, 6.45) is 6.77. The number of aliphatic imine (C=N–C) groups is 1. The Hall–Kier alpha value is -0.0800. The summed E-state index contributed by atoms with van der Waals surface area (Å²) >= 11 is 0. The number of hydrogen-bond acceptors (Lipinski definition) is 3. The van der Waals surface area contributed by atoms with Gasteiger partial charge in [-0.1, -0.05) is 26.7 Å². The maximum Gasteiger partial charge on any atom is 0.191 e. The van der Waals surface area contributed by atoms with Crippen LogP contribution >= 0.6 is 24.0 Å². The summed E-state index contributed by atoms with van der Waals surface area (Å²) < 4.78 is 5.41. The van der Waals surface area contributed by atoms with Crippen LogP contribution in [0.3, 0.4) is 0 Å². The molecule has 2 aliphatic rings. The van der Waals surface area contributed by atoms with Crippen molar-refractivity contribution in [3.63, 3.8) is 0 Å². The molecule has 142 valence electrons. The Balaban J connectivity index is 0.00000288. The maximum atomic E-state index is 5.41. The van der Waals surface area contributed by atoms with Crippen LogP contribution in [-0.4, -0.2) is 63.8 Å². The van der Waals surface area contributed by atoms with E-state index >= 15 is 0 Å². The van der Waals surface area contributed by atoms with E-state index in [4.69, 9.17) is 4.74 Å². The predicted molar refractivity (Wildman–Crippen MR) is 112 cm³/mol. The number of halogens is 1. The molecule has 1 heterocycles. The van der Waals surface area contributed by atoms with Crippen LogP contribution in [-0.2, 0) is 4.74 Å². The summed E-state index contributed by atoms with van der Waals surface area (Å²) in [5.41, 5.74) is 0.497. The summed E-state index contributed by atoms with van der Waals surface area (Å²) in [7, 11) is 1.87. The van der Waals surface area contributed by atoms with Crippen LogP contribution in [0.25, 0.3) is 0 Å². The fourth-order valence-electron chi connectivity index (χ4n) is 3.83. The van der Waals surface area contributed by atoms with Crippen LogP contribution in [0.5, 0.6) is 0 Å². The lowest BCUT2D eigenvalue weighted by atomic mass is 9.83. The molecule has 5 nitrogen and oxygen atoms in total. The van der Waals surface area contributed by atoms with Gasteiger partial charge in [0.2, 0.25) is 0 Å². The normalized spacial score (nSPS) is 22.7. The second-order valence-corrected chi connectivity index (χ2v) is 7.39. The lowest BCUT2D eigenvalue weighted by molar-refractivity contribution is 0.0320. The van der Waals surface area contributed by atoms with Crippen LogP contribution in [0.15, 0.2) is 4.99 Å². The first-order valence-electron chi connectivity index (χ1n) is 9.42. The molecule has 0 spiro atoms. The lowest BCUT2D eigenvalue weighted by Crippen LogP contribution is -2.46. The van der Waals surface area contributed by atoms with Crippen LogP contribution in [0, 0.1) is 11.3 Å². The first-order chi connectivity index (χ1) is 11.2. The second kappa shape index (κ2) is 11.5. The van der Waals surface area contributed by atoms with Gasteiger partial charge in [0.05, 0.1) is 13.2 Å². The van der Waals surface area contributed by atoms with E-state index in [-0.39, 0.29) is 24.0 Å². The van der Waals surface area contributed by atoms with E-state index < -0.39 is 0 Å². The molecular formula is C18H37IN4O. The smallest absolute Gasteiger partial charge is 0.191 e. The summed E-state index contributed by atoms with van der Waals surface area (Å²) in [5, 5.41) is 7.07.